The zero-order valence-corrected chi connectivity index (χ0v) is 12.1. The van der Waals surface area contributed by atoms with Crippen molar-refractivity contribution in [3.05, 3.63) is 29.0 Å². The summed E-state index contributed by atoms with van der Waals surface area (Å²) in [6, 6.07) is 6.14. The Bertz CT molecular complexity index is 615. The highest BCUT2D eigenvalue weighted by Gasteiger charge is 2.29. The van der Waals surface area contributed by atoms with Crippen LogP contribution >= 0.6 is 11.3 Å². The second kappa shape index (κ2) is 5.06. The van der Waals surface area contributed by atoms with Gasteiger partial charge in [0, 0.05) is 25.2 Å². The van der Waals surface area contributed by atoms with Crippen molar-refractivity contribution in [3.8, 4) is 0 Å². The summed E-state index contributed by atoms with van der Waals surface area (Å²) in [5.74, 6) is -0.176. The maximum atomic E-state index is 13.2. The molecule has 3 heterocycles. The van der Waals surface area contributed by atoms with Crippen LogP contribution in [0.15, 0.2) is 18.2 Å². The first-order valence-corrected chi connectivity index (χ1v) is 8.11. The molecule has 1 aromatic heterocycles. The molecule has 2 aromatic rings. The van der Waals surface area contributed by atoms with Gasteiger partial charge in [0.25, 0.3) is 0 Å². The molecular weight excluding hydrogens is 273 g/mol. The summed E-state index contributed by atoms with van der Waals surface area (Å²) in [5, 5.41) is 4.80. The monoisotopic (exact) mass is 291 g/mol. The Balaban J connectivity index is 1.52. The lowest BCUT2D eigenvalue weighted by atomic mass is 9.94. The van der Waals surface area contributed by atoms with E-state index in [0.717, 1.165) is 34.9 Å². The fourth-order valence-electron chi connectivity index (χ4n) is 3.43. The predicted molar refractivity (Wildman–Crippen MR) is 79.4 cm³/mol. The molecular formula is C15H18FN3S. The quantitative estimate of drug-likeness (QED) is 0.922. The van der Waals surface area contributed by atoms with E-state index >= 15 is 0 Å². The Morgan fingerprint density at radius 2 is 2.10 bits per heavy atom. The van der Waals surface area contributed by atoms with Crippen LogP contribution in [-0.2, 0) is 6.54 Å². The van der Waals surface area contributed by atoms with Gasteiger partial charge in [-0.05, 0) is 31.0 Å². The number of nitrogens with zero attached hydrogens (tertiary/aromatic N) is 2. The highest BCUT2D eigenvalue weighted by atomic mass is 32.1. The summed E-state index contributed by atoms with van der Waals surface area (Å²) >= 11 is 1.62. The molecule has 0 radical (unpaired) electrons. The van der Waals surface area contributed by atoms with E-state index in [2.05, 4.69) is 15.2 Å². The minimum atomic E-state index is -0.176. The average Bonchev–Trinajstić information content (AvgIpc) is 2.79. The lowest BCUT2D eigenvalue weighted by molar-refractivity contribution is 0.119. The number of hydrogen-bond donors (Lipinski definition) is 1. The third-order valence-corrected chi connectivity index (χ3v) is 5.29. The van der Waals surface area contributed by atoms with E-state index in [1.54, 1.807) is 23.5 Å². The van der Waals surface area contributed by atoms with Gasteiger partial charge in [0.1, 0.15) is 10.8 Å². The predicted octanol–water partition coefficient (Wildman–Crippen LogP) is 2.76. The van der Waals surface area contributed by atoms with E-state index in [0.29, 0.717) is 12.1 Å². The molecule has 4 rings (SSSR count). The van der Waals surface area contributed by atoms with Gasteiger partial charge < -0.3 is 5.32 Å². The van der Waals surface area contributed by atoms with Gasteiger partial charge in [0.05, 0.1) is 16.8 Å². The van der Waals surface area contributed by atoms with Crippen LogP contribution in [0.2, 0.25) is 0 Å². The number of piperidine rings is 1. The number of thiazole rings is 1. The molecule has 2 bridgehead atoms. The zero-order chi connectivity index (χ0) is 13.5. The summed E-state index contributed by atoms with van der Waals surface area (Å²) in [6.45, 7) is 3.12. The molecule has 0 aliphatic carbocycles. The summed E-state index contributed by atoms with van der Waals surface area (Å²) in [7, 11) is 0. The Labute approximate surface area is 121 Å². The van der Waals surface area contributed by atoms with Crippen molar-refractivity contribution < 1.29 is 4.39 Å². The van der Waals surface area contributed by atoms with Crippen molar-refractivity contribution in [2.75, 3.05) is 13.1 Å². The molecule has 2 saturated heterocycles. The molecule has 2 aliphatic rings. The van der Waals surface area contributed by atoms with Crippen LogP contribution in [0.3, 0.4) is 0 Å². The molecule has 0 saturated carbocycles. The van der Waals surface area contributed by atoms with Crippen molar-refractivity contribution in [1.29, 1.82) is 0 Å². The number of fused-ring (bicyclic) bond motifs is 3. The van der Waals surface area contributed by atoms with Crippen LogP contribution in [0.25, 0.3) is 10.2 Å². The molecule has 2 fully saturated rings. The number of aromatic nitrogens is 1. The van der Waals surface area contributed by atoms with Crippen molar-refractivity contribution in [1.82, 2.24) is 15.2 Å². The smallest absolute Gasteiger partial charge is 0.124 e. The SMILES string of the molecule is Fc1ccc2nc(CN3CC4CCCC(C3)N4)sc2c1. The van der Waals surface area contributed by atoms with E-state index in [1.165, 1.54) is 25.3 Å². The molecule has 2 atom stereocenters. The molecule has 3 nitrogen and oxygen atoms in total. The van der Waals surface area contributed by atoms with Gasteiger partial charge in [-0.2, -0.15) is 0 Å². The largest absolute Gasteiger partial charge is 0.309 e. The van der Waals surface area contributed by atoms with Crippen LogP contribution in [0, 0.1) is 5.82 Å². The summed E-state index contributed by atoms with van der Waals surface area (Å²) in [4.78, 5) is 7.13. The van der Waals surface area contributed by atoms with E-state index in [9.17, 15) is 4.39 Å². The van der Waals surface area contributed by atoms with E-state index in [-0.39, 0.29) is 5.82 Å². The van der Waals surface area contributed by atoms with Gasteiger partial charge in [-0.15, -0.1) is 11.3 Å². The van der Waals surface area contributed by atoms with Crippen LogP contribution in [0.1, 0.15) is 24.3 Å². The normalized spacial score (nSPS) is 27.1. The number of hydrogen-bond acceptors (Lipinski definition) is 4. The van der Waals surface area contributed by atoms with Gasteiger partial charge >= 0.3 is 0 Å². The second-order valence-corrected chi connectivity index (χ2v) is 7.02. The van der Waals surface area contributed by atoms with Gasteiger partial charge in [-0.3, -0.25) is 4.90 Å². The maximum absolute atomic E-state index is 13.2. The van der Waals surface area contributed by atoms with Crippen LogP contribution < -0.4 is 5.32 Å². The second-order valence-electron chi connectivity index (χ2n) is 5.91. The standard InChI is InChI=1S/C15H18FN3S/c16-10-4-5-13-14(6-10)20-15(18-13)9-19-7-11-2-1-3-12(8-19)17-11/h4-6,11-12,17H,1-3,7-9H2. The molecule has 2 aliphatic heterocycles. The molecule has 2 unspecified atom stereocenters. The fraction of sp³-hybridized carbons (Fsp3) is 0.533. The first kappa shape index (κ1) is 12.7. The Kier molecular flexibility index (Phi) is 3.21. The number of benzene rings is 1. The molecule has 0 amide bonds. The van der Waals surface area contributed by atoms with Gasteiger partial charge in [0.2, 0.25) is 0 Å². The fourth-order valence-corrected chi connectivity index (χ4v) is 4.47. The van der Waals surface area contributed by atoms with Crippen LogP contribution in [-0.4, -0.2) is 35.1 Å². The molecule has 1 aromatic carbocycles. The highest BCUT2D eigenvalue weighted by Crippen LogP contribution is 2.26. The topological polar surface area (TPSA) is 28.2 Å². The first-order chi connectivity index (χ1) is 9.76. The number of nitrogens with one attached hydrogen (secondary N) is 1. The first-order valence-electron chi connectivity index (χ1n) is 7.30. The third kappa shape index (κ3) is 2.45. The molecule has 1 N–H and O–H groups in total. The number of rotatable bonds is 2. The minimum absolute atomic E-state index is 0.176. The third-order valence-electron chi connectivity index (χ3n) is 4.29. The molecule has 20 heavy (non-hydrogen) atoms. The average molecular weight is 291 g/mol. The highest BCUT2D eigenvalue weighted by molar-refractivity contribution is 7.18. The van der Waals surface area contributed by atoms with E-state index in [1.807, 2.05) is 0 Å². The summed E-state index contributed by atoms with van der Waals surface area (Å²) in [5.41, 5.74) is 0.918. The van der Waals surface area contributed by atoms with Gasteiger partial charge in [0.15, 0.2) is 0 Å². The summed E-state index contributed by atoms with van der Waals surface area (Å²) in [6.07, 6.45) is 3.94. The Morgan fingerprint density at radius 1 is 1.30 bits per heavy atom. The molecule has 0 spiro atoms. The Morgan fingerprint density at radius 3 is 2.90 bits per heavy atom. The lowest BCUT2D eigenvalue weighted by Crippen LogP contribution is -2.58. The van der Waals surface area contributed by atoms with Crippen LogP contribution in [0.4, 0.5) is 4.39 Å². The molecule has 106 valence electrons. The van der Waals surface area contributed by atoms with Gasteiger partial charge in [-0.1, -0.05) is 6.42 Å². The van der Waals surface area contributed by atoms with Crippen molar-refractivity contribution in [3.63, 3.8) is 0 Å². The zero-order valence-electron chi connectivity index (χ0n) is 11.3. The number of piperazine rings is 1. The van der Waals surface area contributed by atoms with Crippen molar-refractivity contribution in [2.45, 2.75) is 37.9 Å². The minimum Gasteiger partial charge on any atom is -0.309 e. The van der Waals surface area contributed by atoms with E-state index < -0.39 is 0 Å². The number of likely N-dealkylation sites (tertiary alicyclic amines) is 1. The number of halogens is 1. The maximum Gasteiger partial charge on any atom is 0.124 e. The van der Waals surface area contributed by atoms with Gasteiger partial charge in [-0.25, -0.2) is 9.37 Å². The van der Waals surface area contributed by atoms with Crippen molar-refractivity contribution >= 4 is 21.6 Å². The molecule has 5 heteroatoms. The van der Waals surface area contributed by atoms with E-state index in [4.69, 9.17) is 0 Å². The van der Waals surface area contributed by atoms with Crippen molar-refractivity contribution in [2.24, 2.45) is 0 Å². The van der Waals surface area contributed by atoms with Crippen LogP contribution in [0.5, 0.6) is 0 Å². The Hall–Kier alpha value is -1.04. The lowest BCUT2D eigenvalue weighted by Gasteiger charge is -2.42. The summed E-state index contributed by atoms with van der Waals surface area (Å²) < 4.78 is 14.2.